The van der Waals surface area contributed by atoms with E-state index in [1.807, 2.05) is 0 Å². The van der Waals surface area contributed by atoms with Gasteiger partial charge in [0, 0.05) is 11.1 Å². The largest absolute Gasteiger partial charge is 0.458 e. The van der Waals surface area contributed by atoms with E-state index in [0.29, 0.717) is 11.5 Å². The first-order valence-electron chi connectivity index (χ1n) is 7.56. The van der Waals surface area contributed by atoms with Crippen LogP contribution in [0.15, 0.2) is 39.8 Å². The number of carbonyl (C=O) groups is 1. The second-order valence-electron chi connectivity index (χ2n) is 5.84. The molecule has 0 spiro atoms. The van der Waals surface area contributed by atoms with E-state index in [0.717, 1.165) is 0 Å². The molecule has 2 rings (SSSR count). The van der Waals surface area contributed by atoms with Crippen LogP contribution in [0.1, 0.15) is 25.3 Å². The number of nitrogens with zero attached hydrogens (tertiary/aromatic N) is 1. The molecule has 0 saturated heterocycles. The average molecular weight is 387 g/mol. The van der Waals surface area contributed by atoms with Gasteiger partial charge in [0.2, 0.25) is 10.0 Å². The van der Waals surface area contributed by atoms with Gasteiger partial charge in [-0.15, -0.1) is 0 Å². The van der Waals surface area contributed by atoms with Crippen LogP contribution in [0, 0.1) is 12.8 Å². The fourth-order valence-electron chi connectivity index (χ4n) is 2.05. The highest BCUT2D eigenvalue weighted by Crippen LogP contribution is 2.17. The Bertz CT molecular complexity index is 848. The molecule has 0 radical (unpaired) electrons. The molecule has 0 aliphatic heterocycles. The Labute approximate surface area is 151 Å². The maximum atomic E-state index is 12.5. The molecule has 136 valence electrons. The normalized spacial score (nSPS) is 13.0. The number of halogens is 1. The van der Waals surface area contributed by atoms with Crippen LogP contribution in [0.3, 0.4) is 0 Å². The van der Waals surface area contributed by atoms with E-state index in [2.05, 4.69) is 9.88 Å². The predicted octanol–water partition coefficient (Wildman–Crippen LogP) is 2.68. The molecule has 0 bridgehead atoms. The van der Waals surface area contributed by atoms with Crippen molar-refractivity contribution in [3.8, 4) is 0 Å². The monoisotopic (exact) mass is 386 g/mol. The number of aryl methyl sites for hydroxylation is 1. The van der Waals surface area contributed by atoms with E-state index in [-0.39, 0.29) is 22.4 Å². The lowest BCUT2D eigenvalue weighted by Crippen LogP contribution is -2.45. The molecule has 2 aromatic rings. The molecule has 1 heterocycles. The van der Waals surface area contributed by atoms with E-state index >= 15 is 0 Å². The number of rotatable bonds is 7. The number of benzene rings is 1. The number of esters is 1. The maximum Gasteiger partial charge on any atom is 0.324 e. The molecule has 0 unspecified atom stereocenters. The minimum atomic E-state index is -3.92. The summed E-state index contributed by atoms with van der Waals surface area (Å²) in [4.78, 5) is 12.3. The number of nitrogens with one attached hydrogen (secondary N) is 1. The zero-order valence-corrected chi connectivity index (χ0v) is 15.6. The van der Waals surface area contributed by atoms with Gasteiger partial charge >= 0.3 is 5.97 Å². The summed E-state index contributed by atoms with van der Waals surface area (Å²) in [5.74, 6) is -0.421. The van der Waals surface area contributed by atoms with Gasteiger partial charge in [0.1, 0.15) is 24.1 Å². The summed E-state index contributed by atoms with van der Waals surface area (Å²) in [5, 5.41) is 4.00. The fraction of sp³-hybridized carbons (Fsp3) is 0.375. The molecule has 0 aliphatic rings. The third-order valence-electron chi connectivity index (χ3n) is 3.35. The van der Waals surface area contributed by atoms with Crippen LogP contribution in [0.2, 0.25) is 5.02 Å². The highest BCUT2D eigenvalue weighted by atomic mass is 35.5. The lowest BCUT2D eigenvalue weighted by Gasteiger charge is -2.20. The molecular formula is C16H19ClN2O5S. The van der Waals surface area contributed by atoms with Crippen LogP contribution < -0.4 is 4.72 Å². The predicted molar refractivity (Wildman–Crippen MR) is 91.4 cm³/mol. The van der Waals surface area contributed by atoms with Gasteiger partial charge in [-0.3, -0.25) is 4.79 Å². The maximum absolute atomic E-state index is 12.5. The second-order valence-corrected chi connectivity index (χ2v) is 7.99. The van der Waals surface area contributed by atoms with Crippen molar-refractivity contribution < 1.29 is 22.5 Å². The smallest absolute Gasteiger partial charge is 0.324 e. The van der Waals surface area contributed by atoms with Crippen molar-refractivity contribution in [2.75, 3.05) is 0 Å². The Morgan fingerprint density at radius 3 is 2.64 bits per heavy atom. The summed E-state index contributed by atoms with van der Waals surface area (Å²) in [7, 11) is -3.92. The summed E-state index contributed by atoms with van der Waals surface area (Å²) in [6.45, 7) is 5.05. The first-order valence-corrected chi connectivity index (χ1v) is 9.42. The lowest BCUT2D eigenvalue weighted by atomic mass is 10.1. The molecule has 25 heavy (non-hydrogen) atoms. The molecule has 1 aromatic heterocycles. The van der Waals surface area contributed by atoms with Gasteiger partial charge in [-0.25, -0.2) is 8.42 Å². The van der Waals surface area contributed by atoms with Gasteiger partial charge in [-0.2, -0.15) is 4.72 Å². The highest BCUT2D eigenvalue weighted by Gasteiger charge is 2.30. The zero-order valence-electron chi connectivity index (χ0n) is 14.0. The third kappa shape index (κ3) is 5.29. The van der Waals surface area contributed by atoms with E-state index in [9.17, 15) is 13.2 Å². The van der Waals surface area contributed by atoms with Crippen LogP contribution in [-0.2, 0) is 26.2 Å². The van der Waals surface area contributed by atoms with Gasteiger partial charge in [-0.05, 0) is 31.0 Å². The Hall–Kier alpha value is -1.90. The van der Waals surface area contributed by atoms with Gasteiger partial charge < -0.3 is 9.26 Å². The quantitative estimate of drug-likeness (QED) is 0.734. The zero-order chi connectivity index (χ0) is 18.6. The summed E-state index contributed by atoms with van der Waals surface area (Å²) >= 11 is 5.83. The van der Waals surface area contributed by atoms with Crippen LogP contribution >= 0.6 is 11.6 Å². The second kappa shape index (κ2) is 7.99. The molecule has 0 aliphatic carbocycles. The molecule has 0 amide bonds. The molecule has 1 N–H and O–H groups in total. The van der Waals surface area contributed by atoms with E-state index < -0.39 is 22.0 Å². The van der Waals surface area contributed by atoms with Gasteiger partial charge in [-0.1, -0.05) is 36.7 Å². The minimum Gasteiger partial charge on any atom is -0.458 e. The van der Waals surface area contributed by atoms with Crippen LogP contribution in [0.5, 0.6) is 0 Å². The topological polar surface area (TPSA) is 98.5 Å². The molecule has 1 aromatic carbocycles. The Morgan fingerprint density at radius 2 is 2.08 bits per heavy atom. The van der Waals surface area contributed by atoms with Gasteiger partial charge in [0.05, 0.1) is 4.90 Å². The Kier molecular flexibility index (Phi) is 6.21. The number of carbonyl (C=O) groups excluding carboxylic acids is 1. The Morgan fingerprint density at radius 1 is 1.36 bits per heavy atom. The highest BCUT2D eigenvalue weighted by molar-refractivity contribution is 7.89. The van der Waals surface area contributed by atoms with Crippen molar-refractivity contribution in [1.29, 1.82) is 0 Å². The SMILES string of the molecule is Cc1cc(COC(=O)[C@@H](NS(=O)(=O)c2cccc(Cl)c2)C(C)C)no1. The minimum absolute atomic E-state index is 0.0226. The van der Waals surface area contributed by atoms with Crippen LogP contribution in [0.25, 0.3) is 0 Å². The molecule has 9 heteroatoms. The molecule has 0 saturated carbocycles. The molecule has 0 fully saturated rings. The molecular weight excluding hydrogens is 368 g/mol. The van der Waals surface area contributed by atoms with Gasteiger partial charge in [0.25, 0.3) is 0 Å². The van der Waals surface area contributed by atoms with Crippen molar-refractivity contribution in [2.24, 2.45) is 5.92 Å². The third-order valence-corrected chi connectivity index (χ3v) is 5.02. The first-order chi connectivity index (χ1) is 11.7. The number of aromatic nitrogens is 1. The van der Waals surface area contributed by atoms with Crippen molar-refractivity contribution in [1.82, 2.24) is 9.88 Å². The van der Waals surface area contributed by atoms with Crippen LogP contribution in [-0.4, -0.2) is 25.6 Å². The number of hydrogen-bond donors (Lipinski definition) is 1. The van der Waals surface area contributed by atoms with E-state index in [1.165, 1.54) is 18.2 Å². The summed E-state index contributed by atoms with van der Waals surface area (Å²) in [5.41, 5.74) is 0.450. The number of sulfonamides is 1. The fourth-order valence-corrected chi connectivity index (χ4v) is 3.68. The lowest BCUT2D eigenvalue weighted by molar-refractivity contribution is -0.148. The van der Waals surface area contributed by atoms with Crippen molar-refractivity contribution >= 4 is 27.6 Å². The van der Waals surface area contributed by atoms with Crippen molar-refractivity contribution in [3.63, 3.8) is 0 Å². The summed E-state index contributed by atoms with van der Waals surface area (Å²) in [6, 6.07) is 6.38. The molecule has 1 atom stereocenters. The van der Waals surface area contributed by atoms with E-state index in [4.69, 9.17) is 20.9 Å². The standard InChI is InChI=1S/C16H19ClN2O5S/c1-10(2)15(16(20)23-9-13-7-11(3)24-18-13)19-25(21,22)14-6-4-5-12(17)8-14/h4-8,10,15,19H,9H2,1-3H3/t15-/m0/s1. The summed E-state index contributed by atoms with van der Waals surface area (Å²) in [6.07, 6.45) is 0. The Balaban J connectivity index is 2.10. The van der Waals surface area contributed by atoms with Crippen LogP contribution in [0.4, 0.5) is 0 Å². The first kappa shape index (κ1) is 19.4. The average Bonchev–Trinajstić information content (AvgIpc) is 2.95. The van der Waals surface area contributed by atoms with Crippen molar-refractivity contribution in [2.45, 2.75) is 38.3 Å². The van der Waals surface area contributed by atoms with E-state index in [1.54, 1.807) is 32.9 Å². The molecule has 7 nitrogen and oxygen atoms in total. The number of ether oxygens (including phenoxy) is 1. The number of hydrogen-bond acceptors (Lipinski definition) is 6. The summed E-state index contributed by atoms with van der Waals surface area (Å²) < 4.78 is 37.4. The van der Waals surface area contributed by atoms with Crippen molar-refractivity contribution in [3.05, 3.63) is 46.8 Å². The van der Waals surface area contributed by atoms with Gasteiger partial charge in [0.15, 0.2) is 0 Å².